The van der Waals surface area contributed by atoms with E-state index >= 15 is 0 Å². The minimum absolute atomic E-state index is 0.642. The predicted molar refractivity (Wildman–Crippen MR) is 218 cm³/mol. The molecule has 11 rings (SSSR count). The third-order valence-corrected chi connectivity index (χ3v) is 11.4. The molecule has 0 N–H and O–H groups in total. The van der Waals surface area contributed by atoms with Crippen molar-refractivity contribution in [3.05, 3.63) is 170 Å². The lowest BCUT2D eigenvalue weighted by atomic mass is 9.90. The molecule has 8 aromatic carbocycles. The maximum absolute atomic E-state index is 5.17. The van der Waals surface area contributed by atoms with E-state index in [4.69, 9.17) is 15.0 Å². The first-order valence-electron chi connectivity index (χ1n) is 17.4. The Morgan fingerprint density at radius 3 is 1.85 bits per heavy atom. The number of hydrogen-bond acceptors (Lipinski definition) is 5. The summed E-state index contributed by atoms with van der Waals surface area (Å²) in [5.74, 6) is 1.95. The molecule has 4 nitrogen and oxygen atoms in total. The Balaban J connectivity index is 1.11. The molecule has 242 valence electrons. The fourth-order valence-electron chi connectivity index (χ4n) is 7.82. The van der Waals surface area contributed by atoms with Gasteiger partial charge in [0.05, 0.1) is 17.1 Å². The van der Waals surface area contributed by atoms with Gasteiger partial charge in [0.15, 0.2) is 17.5 Å². The molecule has 0 amide bonds. The standard InChI is InChI=1S/C47H28N4S/c1-2-11-31(12-3-1)45-48-46(50-47(49-45)33-25-26-36-35-17-5-7-22-42(35)52-43(36)28-33)32-24-23-29-13-9-20-40(38(29)27-32)51-39-19-6-4-16-34(39)37-18-8-14-30-15-10-21-41(51)44(30)37/h1-28H. The number of anilines is 3. The van der Waals surface area contributed by atoms with Gasteiger partial charge in [-0.1, -0.05) is 133 Å². The van der Waals surface area contributed by atoms with Crippen molar-refractivity contribution in [1.29, 1.82) is 0 Å². The zero-order valence-corrected chi connectivity index (χ0v) is 28.7. The van der Waals surface area contributed by atoms with Crippen LogP contribution in [0.1, 0.15) is 0 Å². The maximum atomic E-state index is 5.17. The van der Waals surface area contributed by atoms with Crippen molar-refractivity contribution in [3.63, 3.8) is 0 Å². The Morgan fingerprint density at radius 2 is 0.981 bits per heavy atom. The third-order valence-electron chi connectivity index (χ3n) is 10.2. The van der Waals surface area contributed by atoms with Crippen molar-refractivity contribution in [3.8, 4) is 45.3 Å². The van der Waals surface area contributed by atoms with Crippen LogP contribution in [0, 0.1) is 0 Å². The first-order chi connectivity index (χ1) is 25.8. The number of benzene rings is 8. The largest absolute Gasteiger partial charge is 0.309 e. The van der Waals surface area contributed by atoms with Gasteiger partial charge in [-0.3, -0.25) is 0 Å². The Labute approximate surface area is 303 Å². The summed E-state index contributed by atoms with van der Waals surface area (Å²) in [6.45, 7) is 0. The molecule has 3 heterocycles. The summed E-state index contributed by atoms with van der Waals surface area (Å²) >= 11 is 1.80. The fraction of sp³-hybridized carbons (Fsp3) is 0. The van der Waals surface area contributed by atoms with Gasteiger partial charge in [-0.25, -0.2) is 15.0 Å². The highest BCUT2D eigenvalue weighted by atomic mass is 32.1. The number of fused-ring (bicyclic) bond motifs is 6. The van der Waals surface area contributed by atoms with Gasteiger partial charge < -0.3 is 4.90 Å². The molecule has 0 aliphatic carbocycles. The summed E-state index contributed by atoms with van der Waals surface area (Å²) in [4.78, 5) is 17.8. The van der Waals surface area contributed by atoms with Crippen LogP contribution in [0.3, 0.4) is 0 Å². The highest BCUT2D eigenvalue weighted by Gasteiger charge is 2.26. The van der Waals surface area contributed by atoms with E-state index in [-0.39, 0.29) is 0 Å². The van der Waals surface area contributed by atoms with Gasteiger partial charge in [-0.05, 0) is 52.7 Å². The molecular weight excluding hydrogens is 653 g/mol. The summed E-state index contributed by atoms with van der Waals surface area (Å²) in [6, 6.07) is 60.4. The molecule has 0 saturated heterocycles. The number of nitrogens with zero attached hydrogens (tertiary/aromatic N) is 4. The Kier molecular flexibility index (Phi) is 6.39. The summed E-state index contributed by atoms with van der Waals surface area (Å²) in [5.41, 5.74) is 8.80. The molecule has 0 atom stereocenters. The smallest absolute Gasteiger partial charge is 0.164 e. The second-order valence-electron chi connectivity index (χ2n) is 13.2. The first kappa shape index (κ1) is 29.1. The van der Waals surface area contributed by atoms with Crippen LogP contribution in [-0.2, 0) is 0 Å². The van der Waals surface area contributed by atoms with Crippen LogP contribution in [0.25, 0.3) is 87.0 Å². The minimum atomic E-state index is 0.642. The van der Waals surface area contributed by atoms with E-state index < -0.39 is 0 Å². The van der Waals surface area contributed by atoms with Crippen molar-refractivity contribution < 1.29 is 0 Å². The topological polar surface area (TPSA) is 41.9 Å². The molecule has 0 radical (unpaired) electrons. The van der Waals surface area contributed by atoms with Gasteiger partial charge in [0.25, 0.3) is 0 Å². The summed E-state index contributed by atoms with van der Waals surface area (Å²) in [7, 11) is 0. The van der Waals surface area contributed by atoms with Crippen LogP contribution in [0.15, 0.2) is 170 Å². The van der Waals surface area contributed by atoms with Crippen LogP contribution in [0.2, 0.25) is 0 Å². The van der Waals surface area contributed by atoms with Gasteiger partial charge in [-0.15, -0.1) is 11.3 Å². The molecular formula is C47H28N4S. The van der Waals surface area contributed by atoms with Gasteiger partial charge in [0, 0.05) is 53.2 Å². The van der Waals surface area contributed by atoms with E-state index in [1.54, 1.807) is 11.3 Å². The quantitative estimate of drug-likeness (QED) is 0.186. The summed E-state index contributed by atoms with van der Waals surface area (Å²) in [6.07, 6.45) is 0. The number of para-hydroxylation sites is 1. The van der Waals surface area contributed by atoms with Crippen molar-refractivity contribution in [2.75, 3.05) is 4.90 Å². The molecule has 1 aliphatic heterocycles. The van der Waals surface area contributed by atoms with Crippen LogP contribution < -0.4 is 4.90 Å². The van der Waals surface area contributed by atoms with Gasteiger partial charge >= 0.3 is 0 Å². The Hall–Kier alpha value is -6.69. The lowest BCUT2D eigenvalue weighted by Gasteiger charge is -2.34. The van der Waals surface area contributed by atoms with E-state index in [0.29, 0.717) is 17.5 Å². The Morgan fingerprint density at radius 1 is 0.365 bits per heavy atom. The lowest BCUT2D eigenvalue weighted by molar-refractivity contribution is 1.08. The molecule has 2 aromatic heterocycles. The zero-order chi connectivity index (χ0) is 34.2. The predicted octanol–water partition coefficient (Wildman–Crippen LogP) is 13.0. The van der Waals surface area contributed by atoms with Crippen molar-refractivity contribution >= 4 is 70.1 Å². The SMILES string of the molecule is c1ccc(-c2nc(-c3ccc4c(c3)sc3ccccc34)nc(-c3ccc4cccc(N5c6ccccc6-c6cccc7cccc5c67)c4c3)n2)cc1. The first-order valence-corrected chi connectivity index (χ1v) is 18.3. The number of hydrogen-bond donors (Lipinski definition) is 0. The van der Waals surface area contributed by atoms with Gasteiger partial charge in [0.2, 0.25) is 0 Å². The summed E-state index contributed by atoms with van der Waals surface area (Å²) < 4.78 is 2.50. The molecule has 0 unspecified atom stereocenters. The highest BCUT2D eigenvalue weighted by Crippen LogP contribution is 2.52. The van der Waals surface area contributed by atoms with E-state index in [9.17, 15) is 0 Å². The van der Waals surface area contributed by atoms with Crippen molar-refractivity contribution in [2.45, 2.75) is 0 Å². The number of thiophene rings is 1. The van der Waals surface area contributed by atoms with E-state index in [1.807, 2.05) is 18.2 Å². The lowest BCUT2D eigenvalue weighted by Crippen LogP contribution is -2.15. The third kappa shape index (κ3) is 4.50. The van der Waals surface area contributed by atoms with Gasteiger partial charge in [-0.2, -0.15) is 0 Å². The monoisotopic (exact) mass is 680 g/mol. The van der Waals surface area contributed by atoms with Crippen LogP contribution >= 0.6 is 11.3 Å². The number of aromatic nitrogens is 3. The average Bonchev–Trinajstić information content (AvgIpc) is 3.59. The molecule has 10 aromatic rings. The van der Waals surface area contributed by atoms with Crippen LogP contribution in [0.4, 0.5) is 17.1 Å². The minimum Gasteiger partial charge on any atom is -0.309 e. The zero-order valence-electron chi connectivity index (χ0n) is 27.9. The van der Waals surface area contributed by atoms with Crippen LogP contribution in [-0.4, -0.2) is 15.0 Å². The van der Waals surface area contributed by atoms with Crippen LogP contribution in [0.5, 0.6) is 0 Å². The van der Waals surface area contributed by atoms with E-state index in [2.05, 4.69) is 157 Å². The van der Waals surface area contributed by atoms with Crippen molar-refractivity contribution in [1.82, 2.24) is 15.0 Å². The molecule has 0 spiro atoms. The van der Waals surface area contributed by atoms with Gasteiger partial charge in [0.1, 0.15) is 0 Å². The normalized spacial score (nSPS) is 12.2. The summed E-state index contributed by atoms with van der Waals surface area (Å²) in [5, 5.41) is 7.30. The van der Waals surface area contributed by atoms with Crippen molar-refractivity contribution in [2.24, 2.45) is 0 Å². The highest BCUT2D eigenvalue weighted by molar-refractivity contribution is 7.25. The van der Waals surface area contributed by atoms with E-state index in [1.165, 1.54) is 47.8 Å². The maximum Gasteiger partial charge on any atom is 0.164 e. The average molecular weight is 681 g/mol. The molecule has 1 aliphatic rings. The molecule has 0 fully saturated rings. The molecule has 0 saturated carbocycles. The second-order valence-corrected chi connectivity index (χ2v) is 14.3. The number of rotatable bonds is 4. The Bertz CT molecular complexity index is 3030. The molecule has 52 heavy (non-hydrogen) atoms. The molecule has 0 bridgehead atoms. The second kappa shape index (κ2) is 11.4. The molecule has 5 heteroatoms. The fourth-order valence-corrected chi connectivity index (χ4v) is 8.97. The van der Waals surface area contributed by atoms with E-state index in [0.717, 1.165) is 38.8 Å².